The first-order valence-electron chi connectivity index (χ1n) is 13.9. The highest BCUT2D eigenvalue weighted by molar-refractivity contribution is 5.79. The number of anilines is 1. The predicted octanol–water partition coefficient (Wildman–Crippen LogP) is 3.46. The Labute approximate surface area is 249 Å². The fraction of sp³-hybridized carbons (Fsp3) is 0.367. The summed E-state index contributed by atoms with van der Waals surface area (Å²) < 4.78 is 39.2. The third kappa shape index (κ3) is 7.24. The Bertz CT molecular complexity index is 1720. The molecule has 2 aliphatic heterocycles. The molecule has 2 unspecified atom stereocenters. The molecule has 0 spiro atoms. The first-order valence-corrected chi connectivity index (χ1v) is 13.9. The number of carboxylic acid groups (broad SMARTS) is 2. The van der Waals surface area contributed by atoms with Crippen LogP contribution in [0.25, 0.3) is 16.6 Å². The minimum absolute atomic E-state index is 0.0267. The molecule has 2 aliphatic rings. The number of nitrogens with one attached hydrogen (secondary N) is 1. The second kappa shape index (κ2) is 13.3. The molecule has 3 N–H and O–H groups in total. The van der Waals surface area contributed by atoms with Crippen molar-refractivity contribution in [2.45, 2.75) is 37.4 Å². The number of carboxylic acids is 2. The number of hydrogen-bond donors (Lipinski definition) is 3. The van der Waals surface area contributed by atoms with Gasteiger partial charge in [0.2, 0.25) is 0 Å². The monoisotopic (exact) mass is 610 g/mol. The van der Waals surface area contributed by atoms with Crippen molar-refractivity contribution in [1.29, 1.82) is 0 Å². The van der Waals surface area contributed by atoms with Gasteiger partial charge in [-0.05, 0) is 42.9 Å². The van der Waals surface area contributed by atoms with Crippen LogP contribution in [-0.4, -0.2) is 86.8 Å². The van der Waals surface area contributed by atoms with E-state index in [4.69, 9.17) is 24.6 Å². The molecule has 11 nitrogen and oxygen atoms in total. The van der Waals surface area contributed by atoms with Crippen molar-refractivity contribution in [2.24, 2.45) is 0 Å². The first kappa shape index (κ1) is 30.7. The standard InChI is InChI=1S/C28H28N6O3.C2HF3O2/c35-26(36)17-22-8-6-20(18-29-22)27-24(10-9-21-7-5-19-3-1-2-4-23(19)31-21)32-28-25(11-12-30-34(27)28)33-13-15-37-16-14-33;3-2(4,5)1(6)7/h1-5,7,11-12,20,22,29H,6,8,13-18H2,(H,35,36);(H,6,7). The van der Waals surface area contributed by atoms with Crippen LogP contribution < -0.4 is 10.2 Å². The number of imidazole rings is 1. The number of aromatic nitrogens is 4. The number of aliphatic carboxylic acids is 2. The van der Waals surface area contributed by atoms with E-state index >= 15 is 0 Å². The van der Waals surface area contributed by atoms with Crippen molar-refractivity contribution in [2.75, 3.05) is 37.7 Å². The van der Waals surface area contributed by atoms with E-state index in [0.717, 1.165) is 53.9 Å². The average molecular weight is 611 g/mol. The van der Waals surface area contributed by atoms with Crippen LogP contribution in [0.4, 0.5) is 18.9 Å². The van der Waals surface area contributed by atoms with E-state index in [2.05, 4.69) is 27.2 Å². The van der Waals surface area contributed by atoms with Crippen LogP contribution in [0.1, 0.15) is 42.3 Å². The van der Waals surface area contributed by atoms with Crippen molar-refractivity contribution < 1.29 is 37.7 Å². The first-order chi connectivity index (χ1) is 21.1. The van der Waals surface area contributed by atoms with Crippen LogP contribution in [0.2, 0.25) is 0 Å². The molecule has 3 aromatic heterocycles. The molecular weight excluding hydrogens is 581 g/mol. The quantitative estimate of drug-likeness (QED) is 0.294. The highest BCUT2D eigenvalue weighted by Gasteiger charge is 2.38. The second-order valence-electron chi connectivity index (χ2n) is 10.3. The van der Waals surface area contributed by atoms with Crippen molar-refractivity contribution >= 4 is 34.2 Å². The van der Waals surface area contributed by atoms with E-state index in [9.17, 15) is 23.1 Å². The maximum absolute atomic E-state index is 11.2. The minimum Gasteiger partial charge on any atom is -0.481 e. The molecule has 0 amide bonds. The normalized spacial score (nSPS) is 18.7. The number of carbonyl (C=O) groups is 2. The molecule has 2 fully saturated rings. The van der Waals surface area contributed by atoms with Gasteiger partial charge in [0, 0.05) is 37.0 Å². The lowest BCUT2D eigenvalue weighted by Crippen LogP contribution is -2.40. The third-order valence-corrected chi connectivity index (χ3v) is 7.36. The van der Waals surface area contributed by atoms with Crippen molar-refractivity contribution in [1.82, 2.24) is 24.9 Å². The number of pyridine rings is 1. The maximum Gasteiger partial charge on any atom is 0.490 e. The third-order valence-electron chi connectivity index (χ3n) is 7.36. The van der Waals surface area contributed by atoms with Gasteiger partial charge in [-0.15, -0.1) is 0 Å². The van der Waals surface area contributed by atoms with Crippen LogP contribution in [0.15, 0.2) is 48.7 Å². The highest BCUT2D eigenvalue weighted by Crippen LogP contribution is 2.32. The molecule has 6 rings (SSSR count). The Balaban J connectivity index is 0.000000493. The molecular formula is C30H29F3N6O5. The number of alkyl halides is 3. The van der Waals surface area contributed by atoms with Gasteiger partial charge in [0.1, 0.15) is 11.4 Å². The van der Waals surface area contributed by atoms with Gasteiger partial charge < -0.3 is 25.2 Å². The summed E-state index contributed by atoms with van der Waals surface area (Å²) in [5.41, 5.74) is 5.03. The molecule has 14 heteroatoms. The van der Waals surface area contributed by atoms with Gasteiger partial charge in [-0.2, -0.15) is 18.3 Å². The van der Waals surface area contributed by atoms with Crippen LogP contribution in [0, 0.1) is 11.8 Å². The number of halogens is 3. The molecule has 5 heterocycles. The molecule has 1 aromatic carbocycles. The summed E-state index contributed by atoms with van der Waals surface area (Å²) in [5, 5.41) is 25.5. The molecule has 2 atom stereocenters. The van der Waals surface area contributed by atoms with Crippen LogP contribution in [-0.2, 0) is 14.3 Å². The largest absolute Gasteiger partial charge is 0.490 e. The number of piperidine rings is 1. The Kier molecular flexibility index (Phi) is 9.26. The number of rotatable bonds is 4. The maximum atomic E-state index is 11.2. The molecule has 230 valence electrons. The minimum atomic E-state index is -5.08. The zero-order valence-electron chi connectivity index (χ0n) is 23.4. The highest BCUT2D eigenvalue weighted by atomic mass is 19.4. The number of para-hydroxylation sites is 1. The van der Waals surface area contributed by atoms with E-state index < -0.39 is 18.1 Å². The van der Waals surface area contributed by atoms with Gasteiger partial charge in [-0.25, -0.2) is 19.3 Å². The Morgan fingerprint density at radius 3 is 2.45 bits per heavy atom. The van der Waals surface area contributed by atoms with E-state index in [1.54, 1.807) is 0 Å². The number of nitrogens with zero attached hydrogens (tertiary/aromatic N) is 5. The Hall–Kier alpha value is -4.74. The van der Waals surface area contributed by atoms with E-state index in [0.29, 0.717) is 31.1 Å². The number of hydrogen-bond acceptors (Lipinski definition) is 8. The smallest absolute Gasteiger partial charge is 0.481 e. The van der Waals surface area contributed by atoms with Crippen molar-refractivity contribution in [3.05, 3.63) is 65.7 Å². The summed E-state index contributed by atoms with van der Waals surface area (Å²) in [6, 6.07) is 13.9. The van der Waals surface area contributed by atoms with Crippen molar-refractivity contribution in [3.63, 3.8) is 0 Å². The van der Waals surface area contributed by atoms with Crippen molar-refractivity contribution in [3.8, 4) is 11.8 Å². The average Bonchev–Trinajstić information content (AvgIpc) is 3.39. The molecule has 0 saturated carbocycles. The topological polar surface area (TPSA) is 142 Å². The van der Waals surface area contributed by atoms with Crippen LogP contribution in [0.5, 0.6) is 0 Å². The summed E-state index contributed by atoms with van der Waals surface area (Å²) in [6.07, 6.45) is -1.54. The molecule has 0 bridgehead atoms. The van der Waals surface area contributed by atoms with Gasteiger partial charge in [0.25, 0.3) is 0 Å². The van der Waals surface area contributed by atoms with Gasteiger partial charge in [-0.3, -0.25) is 4.79 Å². The number of fused-ring (bicyclic) bond motifs is 2. The summed E-state index contributed by atoms with van der Waals surface area (Å²) >= 11 is 0. The fourth-order valence-corrected chi connectivity index (χ4v) is 5.25. The summed E-state index contributed by atoms with van der Waals surface area (Å²) in [4.78, 5) is 32.1. The predicted molar refractivity (Wildman–Crippen MR) is 153 cm³/mol. The van der Waals surface area contributed by atoms with Gasteiger partial charge >= 0.3 is 18.1 Å². The molecule has 44 heavy (non-hydrogen) atoms. The fourth-order valence-electron chi connectivity index (χ4n) is 5.25. The molecule has 0 radical (unpaired) electrons. The van der Waals surface area contributed by atoms with Gasteiger partial charge in [0.15, 0.2) is 5.65 Å². The number of morpholine rings is 1. The zero-order chi connectivity index (χ0) is 31.3. The van der Waals surface area contributed by atoms with Crippen LogP contribution >= 0.6 is 0 Å². The lowest BCUT2D eigenvalue weighted by atomic mass is 9.90. The summed E-state index contributed by atoms with van der Waals surface area (Å²) in [6.45, 7) is 3.61. The zero-order valence-corrected chi connectivity index (χ0v) is 23.4. The SMILES string of the molecule is O=C(O)C(F)(F)F.O=C(O)CC1CCC(c2c(C#Cc3ccc4ccccc4n3)nc3c(N4CCOCC4)ccnn23)CN1. The second-order valence-corrected chi connectivity index (χ2v) is 10.3. The van der Waals surface area contributed by atoms with Crippen LogP contribution in [0.3, 0.4) is 0 Å². The molecule has 4 aromatic rings. The Morgan fingerprint density at radius 1 is 1.02 bits per heavy atom. The molecule has 0 aliphatic carbocycles. The Morgan fingerprint density at radius 2 is 1.77 bits per heavy atom. The van der Waals surface area contributed by atoms with E-state index in [-0.39, 0.29) is 18.4 Å². The van der Waals surface area contributed by atoms with E-state index in [1.807, 2.05) is 53.2 Å². The number of benzene rings is 1. The lowest BCUT2D eigenvalue weighted by molar-refractivity contribution is -0.192. The summed E-state index contributed by atoms with van der Waals surface area (Å²) in [5.74, 6) is 3.11. The summed E-state index contributed by atoms with van der Waals surface area (Å²) in [7, 11) is 0. The van der Waals surface area contributed by atoms with Gasteiger partial charge in [-0.1, -0.05) is 24.3 Å². The van der Waals surface area contributed by atoms with E-state index in [1.165, 1.54) is 0 Å². The molecule has 2 saturated heterocycles. The van der Waals surface area contributed by atoms with Gasteiger partial charge in [0.05, 0.1) is 42.7 Å². The number of ether oxygens (including phenoxy) is 1. The lowest BCUT2D eigenvalue weighted by Gasteiger charge is -2.30.